The van der Waals surface area contributed by atoms with Crippen LogP contribution < -0.4 is 4.74 Å². The average Bonchev–Trinajstić information content (AvgIpc) is 3.46. The first kappa shape index (κ1) is 18.7. The summed E-state index contributed by atoms with van der Waals surface area (Å²) in [6, 6.07) is 16.9. The Labute approximate surface area is 172 Å². The van der Waals surface area contributed by atoms with Crippen LogP contribution in [0.4, 0.5) is 0 Å². The van der Waals surface area contributed by atoms with E-state index in [1.54, 1.807) is 0 Å². The summed E-state index contributed by atoms with van der Waals surface area (Å²) >= 11 is 0. The van der Waals surface area contributed by atoms with Crippen molar-refractivity contribution in [3.8, 4) is 5.75 Å². The van der Waals surface area contributed by atoms with Gasteiger partial charge in [0.25, 0.3) is 5.91 Å². The van der Waals surface area contributed by atoms with E-state index >= 15 is 0 Å². The molecule has 2 fully saturated rings. The van der Waals surface area contributed by atoms with Crippen LogP contribution >= 0.6 is 0 Å². The molecule has 2 aromatic rings. The maximum Gasteiger partial charge on any atom is 0.254 e. The number of hydrogen-bond acceptors (Lipinski definition) is 3. The predicted octanol–water partition coefficient (Wildman–Crippen LogP) is 4.93. The molecule has 1 aliphatic heterocycles. The van der Waals surface area contributed by atoms with Crippen LogP contribution in [0.15, 0.2) is 48.5 Å². The van der Waals surface area contributed by atoms with E-state index in [1.165, 1.54) is 11.1 Å². The van der Waals surface area contributed by atoms with Crippen LogP contribution in [0.3, 0.4) is 0 Å². The summed E-state index contributed by atoms with van der Waals surface area (Å²) in [6.07, 6.45) is 7.94. The van der Waals surface area contributed by atoms with Crippen molar-refractivity contribution < 1.29 is 14.3 Å². The van der Waals surface area contributed by atoms with Gasteiger partial charge in [-0.3, -0.25) is 4.79 Å². The van der Waals surface area contributed by atoms with E-state index in [0.29, 0.717) is 12.6 Å². The first-order chi connectivity index (χ1) is 14.3. The van der Waals surface area contributed by atoms with Crippen molar-refractivity contribution in [1.29, 1.82) is 0 Å². The highest BCUT2D eigenvalue weighted by Crippen LogP contribution is 2.41. The van der Waals surface area contributed by atoms with Gasteiger partial charge in [-0.2, -0.15) is 0 Å². The van der Waals surface area contributed by atoms with Crippen molar-refractivity contribution >= 4 is 5.91 Å². The molecule has 1 heterocycles. The van der Waals surface area contributed by atoms with Gasteiger partial charge < -0.3 is 14.4 Å². The van der Waals surface area contributed by atoms with Crippen molar-refractivity contribution in [2.24, 2.45) is 0 Å². The number of nitrogens with zero attached hydrogens (tertiary/aromatic N) is 1. The maximum atomic E-state index is 13.5. The van der Waals surface area contributed by atoms with Crippen LogP contribution in [-0.4, -0.2) is 36.2 Å². The Morgan fingerprint density at radius 2 is 1.83 bits per heavy atom. The topological polar surface area (TPSA) is 38.8 Å². The highest BCUT2D eigenvalue weighted by Gasteiger charge is 2.39. The molecule has 5 rings (SSSR count). The fourth-order valence-electron chi connectivity index (χ4n) is 4.74. The molecule has 0 aromatic heterocycles. The van der Waals surface area contributed by atoms with E-state index in [4.69, 9.17) is 9.47 Å². The van der Waals surface area contributed by atoms with Crippen molar-refractivity contribution in [2.45, 2.75) is 63.1 Å². The zero-order chi connectivity index (χ0) is 19.6. The Hall–Kier alpha value is -2.33. The highest BCUT2D eigenvalue weighted by atomic mass is 16.5. The largest absolute Gasteiger partial charge is 0.491 e. The van der Waals surface area contributed by atoms with E-state index in [9.17, 15) is 4.79 Å². The third-order valence-electron chi connectivity index (χ3n) is 6.41. The second-order valence-corrected chi connectivity index (χ2v) is 8.52. The lowest BCUT2D eigenvalue weighted by Gasteiger charge is -2.36. The number of rotatable bonds is 6. The second-order valence-electron chi connectivity index (χ2n) is 8.52. The Kier molecular flexibility index (Phi) is 5.28. The highest BCUT2D eigenvalue weighted by molar-refractivity contribution is 5.95. The fraction of sp³-hybridized carbons (Fsp3) is 0.480. The molecule has 0 spiro atoms. The van der Waals surface area contributed by atoms with E-state index < -0.39 is 0 Å². The molecular formula is C25H29NO3. The quantitative estimate of drug-likeness (QED) is 0.701. The zero-order valence-corrected chi connectivity index (χ0v) is 16.9. The Balaban J connectivity index is 1.32. The zero-order valence-electron chi connectivity index (χ0n) is 16.9. The predicted molar refractivity (Wildman–Crippen MR) is 112 cm³/mol. The molecule has 3 aliphatic rings. The summed E-state index contributed by atoms with van der Waals surface area (Å²) < 4.78 is 11.5. The minimum absolute atomic E-state index is 0.153. The number of ether oxygens (including phenoxy) is 2. The van der Waals surface area contributed by atoms with Gasteiger partial charge in [-0.25, -0.2) is 0 Å². The number of amides is 1. The molecule has 2 atom stereocenters. The Bertz CT molecular complexity index is 853. The molecular weight excluding hydrogens is 362 g/mol. The average molecular weight is 392 g/mol. The third kappa shape index (κ3) is 4.04. The smallest absolute Gasteiger partial charge is 0.254 e. The number of fused-ring (bicyclic) bond motifs is 1. The molecule has 2 aromatic carbocycles. The van der Waals surface area contributed by atoms with Crippen LogP contribution in [0.25, 0.3) is 0 Å². The van der Waals surface area contributed by atoms with E-state index in [1.807, 2.05) is 24.3 Å². The number of carbonyl (C=O) groups is 1. The molecule has 2 unspecified atom stereocenters. The molecule has 1 saturated carbocycles. The van der Waals surface area contributed by atoms with Gasteiger partial charge >= 0.3 is 0 Å². The molecule has 29 heavy (non-hydrogen) atoms. The van der Waals surface area contributed by atoms with E-state index in [2.05, 4.69) is 29.2 Å². The van der Waals surface area contributed by atoms with Crippen molar-refractivity contribution in [1.82, 2.24) is 4.90 Å². The number of hydrogen-bond donors (Lipinski definition) is 0. The lowest BCUT2D eigenvalue weighted by atomic mass is 9.86. The monoisotopic (exact) mass is 391 g/mol. The summed E-state index contributed by atoms with van der Waals surface area (Å²) in [5.74, 6) is 0.956. The Morgan fingerprint density at radius 1 is 1.00 bits per heavy atom. The summed E-state index contributed by atoms with van der Waals surface area (Å²) in [5.41, 5.74) is 3.50. The van der Waals surface area contributed by atoms with Gasteiger partial charge in [0.1, 0.15) is 12.4 Å². The summed E-state index contributed by atoms with van der Waals surface area (Å²) in [5, 5.41) is 0. The molecule has 4 nitrogen and oxygen atoms in total. The maximum absolute atomic E-state index is 13.5. The molecule has 2 aliphatic carbocycles. The molecule has 0 N–H and O–H groups in total. The minimum atomic E-state index is 0.153. The number of aryl methyl sites for hydroxylation is 1. The number of benzene rings is 2. The van der Waals surface area contributed by atoms with Crippen LogP contribution in [-0.2, 0) is 11.2 Å². The van der Waals surface area contributed by atoms with Gasteiger partial charge in [-0.15, -0.1) is 0 Å². The van der Waals surface area contributed by atoms with Gasteiger partial charge in [0.2, 0.25) is 0 Å². The van der Waals surface area contributed by atoms with Crippen LogP contribution in [0.2, 0.25) is 0 Å². The standard InChI is InChI=1S/C25H29NO3/c27-25(19-10-14-21(15-11-19)29-17-22-7-4-16-28-22)26(20-12-13-20)24-9-3-6-18-5-1-2-8-23(18)24/h1-2,5,8,10-11,14-15,20,22,24H,3-4,6-7,9,12-13,16-17H2. The molecule has 1 saturated heterocycles. The fourth-order valence-corrected chi connectivity index (χ4v) is 4.74. The Morgan fingerprint density at radius 3 is 2.59 bits per heavy atom. The van der Waals surface area contributed by atoms with Gasteiger partial charge in [0.15, 0.2) is 0 Å². The minimum Gasteiger partial charge on any atom is -0.491 e. The van der Waals surface area contributed by atoms with Crippen molar-refractivity contribution in [3.05, 3.63) is 65.2 Å². The molecule has 0 radical (unpaired) electrons. The van der Waals surface area contributed by atoms with Gasteiger partial charge in [-0.05, 0) is 80.3 Å². The third-order valence-corrected chi connectivity index (χ3v) is 6.41. The molecule has 152 valence electrons. The van der Waals surface area contributed by atoms with Gasteiger partial charge in [0, 0.05) is 18.2 Å². The van der Waals surface area contributed by atoms with Crippen molar-refractivity contribution in [2.75, 3.05) is 13.2 Å². The second kappa shape index (κ2) is 8.19. The normalized spacial score (nSPS) is 23.4. The van der Waals surface area contributed by atoms with Crippen LogP contribution in [0.1, 0.15) is 66.1 Å². The van der Waals surface area contributed by atoms with E-state index in [-0.39, 0.29) is 18.1 Å². The first-order valence-electron chi connectivity index (χ1n) is 11.0. The molecule has 1 amide bonds. The first-order valence-corrected chi connectivity index (χ1v) is 11.0. The SMILES string of the molecule is O=C(c1ccc(OCC2CCCO2)cc1)N(C1CC1)C1CCCc2ccccc21. The number of carbonyl (C=O) groups excluding carboxylic acids is 1. The van der Waals surface area contributed by atoms with Crippen molar-refractivity contribution in [3.63, 3.8) is 0 Å². The summed E-state index contributed by atoms with van der Waals surface area (Å²) in [6.45, 7) is 1.42. The van der Waals surface area contributed by atoms with Gasteiger partial charge in [0.05, 0.1) is 12.1 Å². The summed E-state index contributed by atoms with van der Waals surface area (Å²) in [4.78, 5) is 15.6. The lowest BCUT2D eigenvalue weighted by Crippen LogP contribution is -2.38. The molecule has 0 bridgehead atoms. The van der Waals surface area contributed by atoms with E-state index in [0.717, 1.165) is 62.9 Å². The lowest BCUT2D eigenvalue weighted by molar-refractivity contribution is 0.0636. The summed E-state index contributed by atoms with van der Waals surface area (Å²) in [7, 11) is 0. The van der Waals surface area contributed by atoms with Gasteiger partial charge in [-0.1, -0.05) is 24.3 Å². The van der Waals surface area contributed by atoms with Crippen LogP contribution in [0.5, 0.6) is 5.75 Å². The van der Waals surface area contributed by atoms with Crippen LogP contribution in [0, 0.1) is 0 Å². The molecule has 4 heteroatoms.